The number of carbonyl (C=O) groups is 1. The second-order valence-electron chi connectivity index (χ2n) is 3.42. The molecule has 2 nitrogen and oxygen atoms in total. The van der Waals surface area contributed by atoms with Crippen LogP contribution in [-0.4, -0.2) is 13.4 Å². The fourth-order valence-electron chi connectivity index (χ4n) is 1.60. The molecule has 1 aromatic rings. The Morgan fingerprint density at radius 2 is 2.08 bits per heavy atom. The van der Waals surface area contributed by atoms with Gasteiger partial charge in [-0.15, -0.1) is 0 Å². The van der Waals surface area contributed by atoms with E-state index in [2.05, 4.69) is 0 Å². The average molecular weight is 176 g/mol. The standard InChI is InChI=1S/C11H12O2/c1-13-10-4-2-8(3-5-10)11-6-9(11)7-12/h2-5,7,9,11H,6H2,1H3/t9-,11-/m0/s1. The van der Waals surface area contributed by atoms with Gasteiger partial charge in [-0.05, 0) is 30.0 Å². The second-order valence-corrected chi connectivity index (χ2v) is 3.42. The van der Waals surface area contributed by atoms with Crippen LogP contribution in [0, 0.1) is 5.92 Å². The molecule has 0 bridgehead atoms. The van der Waals surface area contributed by atoms with Gasteiger partial charge in [0.25, 0.3) is 0 Å². The molecule has 0 aromatic heterocycles. The summed E-state index contributed by atoms with van der Waals surface area (Å²) in [6, 6.07) is 7.95. The first-order valence-corrected chi connectivity index (χ1v) is 4.44. The van der Waals surface area contributed by atoms with E-state index < -0.39 is 0 Å². The third-order valence-corrected chi connectivity index (χ3v) is 2.56. The summed E-state index contributed by atoms with van der Waals surface area (Å²) in [7, 11) is 1.65. The predicted molar refractivity (Wildman–Crippen MR) is 49.9 cm³/mol. The van der Waals surface area contributed by atoms with Crippen molar-refractivity contribution >= 4 is 6.29 Å². The van der Waals surface area contributed by atoms with E-state index in [9.17, 15) is 4.79 Å². The average Bonchev–Trinajstić information content (AvgIpc) is 2.97. The molecule has 1 aliphatic carbocycles. The Balaban J connectivity index is 2.11. The van der Waals surface area contributed by atoms with Crippen molar-refractivity contribution in [2.45, 2.75) is 12.3 Å². The first kappa shape index (κ1) is 8.30. The summed E-state index contributed by atoms with van der Waals surface area (Å²) in [5.74, 6) is 1.59. The molecule has 0 saturated heterocycles. The van der Waals surface area contributed by atoms with Crippen molar-refractivity contribution < 1.29 is 9.53 Å². The van der Waals surface area contributed by atoms with Crippen molar-refractivity contribution in [3.63, 3.8) is 0 Å². The fraction of sp³-hybridized carbons (Fsp3) is 0.364. The highest BCUT2D eigenvalue weighted by Crippen LogP contribution is 2.46. The molecule has 0 aliphatic heterocycles. The molecule has 1 fully saturated rings. The van der Waals surface area contributed by atoms with E-state index >= 15 is 0 Å². The highest BCUT2D eigenvalue weighted by atomic mass is 16.5. The van der Waals surface area contributed by atoms with Crippen LogP contribution < -0.4 is 4.74 Å². The second kappa shape index (κ2) is 3.21. The molecule has 0 heterocycles. The summed E-state index contributed by atoms with van der Waals surface area (Å²) >= 11 is 0. The van der Waals surface area contributed by atoms with Crippen LogP contribution in [0.15, 0.2) is 24.3 Å². The minimum atomic E-state index is 0.258. The van der Waals surface area contributed by atoms with Gasteiger partial charge in [-0.3, -0.25) is 0 Å². The van der Waals surface area contributed by atoms with E-state index in [4.69, 9.17) is 4.74 Å². The number of aldehydes is 1. The molecule has 1 aromatic carbocycles. The van der Waals surface area contributed by atoms with Crippen molar-refractivity contribution in [1.29, 1.82) is 0 Å². The number of methoxy groups -OCH3 is 1. The van der Waals surface area contributed by atoms with Crippen LogP contribution in [0.1, 0.15) is 17.9 Å². The fourth-order valence-corrected chi connectivity index (χ4v) is 1.60. The first-order chi connectivity index (χ1) is 6.35. The quantitative estimate of drug-likeness (QED) is 0.658. The van der Waals surface area contributed by atoms with Crippen LogP contribution in [0.25, 0.3) is 0 Å². The summed E-state index contributed by atoms with van der Waals surface area (Å²) < 4.78 is 5.05. The molecule has 1 aliphatic rings. The van der Waals surface area contributed by atoms with Crippen molar-refractivity contribution in [3.05, 3.63) is 29.8 Å². The van der Waals surface area contributed by atoms with Gasteiger partial charge in [0.15, 0.2) is 0 Å². The van der Waals surface area contributed by atoms with E-state index in [-0.39, 0.29) is 5.92 Å². The van der Waals surface area contributed by atoms with Gasteiger partial charge in [-0.25, -0.2) is 0 Å². The summed E-state index contributed by atoms with van der Waals surface area (Å²) in [5.41, 5.74) is 1.25. The van der Waals surface area contributed by atoms with Crippen LogP contribution in [0.5, 0.6) is 5.75 Å². The molecule has 2 atom stereocenters. The Morgan fingerprint density at radius 3 is 2.54 bits per heavy atom. The number of ether oxygens (including phenoxy) is 1. The van der Waals surface area contributed by atoms with Gasteiger partial charge in [-0.1, -0.05) is 12.1 Å². The zero-order valence-corrected chi connectivity index (χ0v) is 7.57. The van der Waals surface area contributed by atoms with E-state index in [1.807, 2.05) is 24.3 Å². The van der Waals surface area contributed by atoms with Gasteiger partial charge in [0, 0.05) is 5.92 Å². The highest BCUT2D eigenvalue weighted by molar-refractivity contribution is 5.61. The highest BCUT2D eigenvalue weighted by Gasteiger charge is 2.37. The van der Waals surface area contributed by atoms with Crippen LogP contribution in [0.2, 0.25) is 0 Å². The van der Waals surface area contributed by atoms with Gasteiger partial charge in [0.1, 0.15) is 12.0 Å². The monoisotopic (exact) mass is 176 g/mol. The van der Waals surface area contributed by atoms with Gasteiger partial charge in [0.2, 0.25) is 0 Å². The number of hydrogen-bond acceptors (Lipinski definition) is 2. The smallest absolute Gasteiger partial charge is 0.123 e. The molecule has 0 spiro atoms. The van der Waals surface area contributed by atoms with E-state index in [1.54, 1.807) is 7.11 Å². The van der Waals surface area contributed by atoms with E-state index in [0.29, 0.717) is 5.92 Å². The molecule has 0 unspecified atom stereocenters. The minimum Gasteiger partial charge on any atom is -0.497 e. The molecule has 0 amide bonds. The number of carbonyl (C=O) groups excluding carboxylic acids is 1. The lowest BCUT2D eigenvalue weighted by Gasteiger charge is -2.01. The van der Waals surface area contributed by atoms with Gasteiger partial charge >= 0.3 is 0 Å². The molecule has 68 valence electrons. The van der Waals surface area contributed by atoms with Crippen molar-refractivity contribution in [2.24, 2.45) is 5.92 Å². The van der Waals surface area contributed by atoms with Crippen molar-refractivity contribution in [3.8, 4) is 5.75 Å². The van der Waals surface area contributed by atoms with Crippen LogP contribution in [0.3, 0.4) is 0 Å². The van der Waals surface area contributed by atoms with Gasteiger partial charge in [0.05, 0.1) is 7.11 Å². The third-order valence-electron chi connectivity index (χ3n) is 2.56. The normalized spacial score (nSPS) is 25.3. The van der Waals surface area contributed by atoms with Gasteiger partial charge in [-0.2, -0.15) is 0 Å². The number of rotatable bonds is 3. The first-order valence-electron chi connectivity index (χ1n) is 4.44. The summed E-state index contributed by atoms with van der Waals surface area (Å²) in [4.78, 5) is 10.4. The molecule has 2 rings (SSSR count). The zero-order chi connectivity index (χ0) is 9.26. The Labute approximate surface area is 77.5 Å². The largest absolute Gasteiger partial charge is 0.497 e. The topological polar surface area (TPSA) is 26.3 Å². The molecule has 13 heavy (non-hydrogen) atoms. The SMILES string of the molecule is COc1ccc([C@@H]2C[C@H]2C=O)cc1. The Bertz CT molecular complexity index is 302. The third kappa shape index (κ3) is 1.57. The van der Waals surface area contributed by atoms with Crippen molar-refractivity contribution in [1.82, 2.24) is 0 Å². The zero-order valence-electron chi connectivity index (χ0n) is 7.57. The maximum absolute atomic E-state index is 10.4. The van der Waals surface area contributed by atoms with Crippen LogP contribution >= 0.6 is 0 Å². The maximum atomic E-state index is 10.4. The molecule has 0 radical (unpaired) electrons. The number of hydrogen-bond donors (Lipinski definition) is 0. The van der Waals surface area contributed by atoms with E-state index in [0.717, 1.165) is 18.5 Å². The van der Waals surface area contributed by atoms with Crippen LogP contribution in [0.4, 0.5) is 0 Å². The Morgan fingerprint density at radius 1 is 1.38 bits per heavy atom. The van der Waals surface area contributed by atoms with Crippen molar-refractivity contribution in [2.75, 3.05) is 7.11 Å². The predicted octanol–water partition coefficient (Wildman–Crippen LogP) is 2.00. The lowest BCUT2D eigenvalue weighted by molar-refractivity contribution is -0.108. The molecule has 1 saturated carbocycles. The Kier molecular flexibility index (Phi) is 2.05. The summed E-state index contributed by atoms with van der Waals surface area (Å²) in [6.45, 7) is 0. The summed E-state index contributed by atoms with van der Waals surface area (Å²) in [6.07, 6.45) is 2.06. The Hall–Kier alpha value is -1.31. The molecular weight excluding hydrogens is 164 g/mol. The lowest BCUT2D eigenvalue weighted by atomic mass is 10.1. The molecular formula is C11H12O2. The van der Waals surface area contributed by atoms with E-state index in [1.165, 1.54) is 5.56 Å². The number of benzene rings is 1. The summed E-state index contributed by atoms with van der Waals surface area (Å²) in [5, 5.41) is 0. The molecule has 0 N–H and O–H groups in total. The minimum absolute atomic E-state index is 0.258. The molecule has 2 heteroatoms. The van der Waals surface area contributed by atoms with Gasteiger partial charge < -0.3 is 9.53 Å². The van der Waals surface area contributed by atoms with Crippen LogP contribution in [-0.2, 0) is 4.79 Å². The lowest BCUT2D eigenvalue weighted by Crippen LogP contribution is -1.86. The maximum Gasteiger partial charge on any atom is 0.123 e.